The first-order chi connectivity index (χ1) is 11.1. The lowest BCUT2D eigenvalue weighted by Crippen LogP contribution is -2.08. The summed E-state index contributed by atoms with van der Waals surface area (Å²) in [6.07, 6.45) is 0. The van der Waals surface area contributed by atoms with E-state index in [-0.39, 0.29) is 5.78 Å². The van der Waals surface area contributed by atoms with E-state index in [0.717, 1.165) is 33.4 Å². The highest BCUT2D eigenvalue weighted by atomic mass is 16.1. The fourth-order valence-electron chi connectivity index (χ4n) is 3.22. The van der Waals surface area contributed by atoms with Crippen molar-refractivity contribution in [1.29, 1.82) is 0 Å². The normalized spacial score (nSPS) is 10.6. The van der Waals surface area contributed by atoms with Gasteiger partial charge in [0.1, 0.15) is 0 Å². The minimum Gasteiger partial charge on any atom is -0.289 e. The first-order valence-corrected chi connectivity index (χ1v) is 7.85. The molecular weight excluding hydrogens is 280 g/mol. The molecule has 3 rings (SSSR count). The van der Waals surface area contributed by atoms with Gasteiger partial charge in [-0.05, 0) is 43.0 Å². The molecule has 3 aromatic carbocycles. The van der Waals surface area contributed by atoms with Crippen LogP contribution in [0.5, 0.6) is 0 Å². The lowest BCUT2D eigenvalue weighted by molar-refractivity contribution is 0.103. The van der Waals surface area contributed by atoms with E-state index in [2.05, 4.69) is 19.1 Å². The number of aryl methyl sites for hydroxylation is 3. The van der Waals surface area contributed by atoms with Gasteiger partial charge in [-0.1, -0.05) is 72.3 Å². The van der Waals surface area contributed by atoms with Gasteiger partial charge in [0.15, 0.2) is 5.78 Å². The smallest absolute Gasteiger partial charge is 0.194 e. The second-order valence-corrected chi connectivity index (χ2v) is 6.01. The van der Waals surface area contributed by atoms with Crippen LogP contribution in [0.25, 0.3) is 11.1 Å². The van der Waals surface area contributed by atoms with Crippen LogP contribution in [-0.4, -0.2) is 5.78 Å². The Balaban J connectivity index is 2.16. The van der Waals surface area contributed by atoms with Crippen LogP contribution in [0, 0.1) is 20.8 Å². The summed E-state index contributed by atoms with van der Waals surface area (Å²) < 4.78 is 0. The van der Waals surface area contributed by atoms with E-state index < -0.39 is 0 Å². The molecule has 0 spiro atoms. The molecule has 0 amide bonds. The molecule has 0 unspecified atom stereocenters. The average Bonchev–Trinajstić information content (AvgIpc) is 2.54. The molecule has 23 heavy (non-hydrogen) atoms. The lowest BCUT2D eigenvalue weighted by atomic mass is 9.89. The Morgan fingerprint density at radius 3 is 1.96 bits per heavy atom. The molecule has 0 aromatic heterocycles. The van der Waals surface area contributed by atoms with Crippen LogP contribution in [0.15, 0.2) is 66.7 Å². The van der Waals surface area contributed by atoms with Gasteiger partial charge < -0.3 is 0 Å². The maximum Gasteiger partial charge on any atom is 0.194 e. The van der Waals surface area contributed by atoms with E-state index in [9.17, 15) is 4.79 Å². The first kappa shape index (κ1) is 15.2. The van der Waals surface area contributed by atoms with Crippen molar-refractivity contribution in [2.24, 2.45) is 0 Å². The highest BCUT2D eigenvalue weighted by Crippen LogP contribution is 2.28. The Morgan fingerprint density at radius 1 is 0.739 bits per heavy atom. The molecule has 0 saturated carbocycles. The third-order valence-corrected chi connectivity index (χ3v) is 4.16. The highest BCUT2D eigenvalue weighted by Gasteiger charge is 2.18. The standard InChI is InChI=1S/C22H20O/c1-15-13-16(2)21(17(3)14-15)22(23)20-12-8-7-11-19(20)18-9-5-4-6-10-18/h4-14H,1-3H3. The molecule has 1 heteroatoms. The number of hydrogen-bond donors (Lipinski definition) is 0. The maximum atomic E-state index is 13.2. The van der Waals surface area contributed by atoms with E-state index in [4.69, 9.17) is 0 Å². The number of benzene rings is 3. The van der Waals surface area contributed by atoms with E-state index in [1.807, 2.05) is 68.4 Å². The van der Waals surface area contributed by atoms with Crippen LogP contribution >= 0.6 is 0 Å². The monoisotopic (exact) mass is 300 g/mol. The fourth-order valence-corrected chi connectivity index (χ4v) is 3.22. The van der Waals surface area contributed by atoms with Crippen LogP contribution in [0.3, 0.4) is 0 Å². The predicted octanol–water partition coefficient (Wildman–Crippen LogP) is 5.51. The van der Waals surface area contributed by atoms with Crippen LogP contribution in [0.1, 0.15) is 32.6 Å². The number of rotatable bonds is 3. The summed E-state index contributed by atoms with van der Waals surface area (Å²) >= 11 is 0. The molecule has 0 bridgehead atoms. The minimum absolute atomic E-state index is 0.0967. The van der Waals surface area contributed by atoms with Crippen molar-refractivity contribution < 1.29 is 4.79 Å². The first-order valence-electron chi connectivity index (χ1n) is 7.85. The van der Waals surface area contributed by atoms with Crippen molar-refractivity contribution >= 4 is 5.78 Å². The van der Waals surface area contributed by atoms with Gasteiger partial charge in [-0.3, -0.25) is 4.79 Å². The predicted molar refractivity (Wildman–Crippen MR) is 96.0 cm³/mol. The molecule has 0 aliphatic carbocycles. The fraction of sp³-hybridized carbons (Fsp3) is 0.136. The summed E-state index contributed by atoms with van der Waals surface area (Å²) in [5.41, 5.74) is 6.89. The minimum atomic E-state index is 0.0967. The molecule has 3 aromatic rings. The van der Waals surface area contributed by atoms with Crippen molar-refractivity contribution in [1.82, 2.24) is 0 Å². The highest BCUT2D eigenvalue weighted by molar-refractivity contribution is 6.14. The SMILES string of the molecule is Cc1cc(C)c(C(=O)c2ccccc2-c2ccccc2)c(C)c1. The number of carbonyl (C=O) groups is 1. The lowest BCUT2D eigenvalue weighted by Gasteiger charge is -2.13. The number of ketones is 1. The second kappa shape index (κ2) is 6.21. The molecule has 0 aliphatic rings. The third-order valence-electron chi connectivity index (χ3n) is 4.16. The molecule has 0 aliphatic heterocycles. The van der Waals surface area contributed by atoms with E-state index in [0.29, 0.717) is 0 Å². The average molecular weight is 300 g/mol. The van der Waals surface area contributed by atoms with Gasteiger partial charge in [0, 0.05) is 11.1 Å². The quantitative estimate of drug-likeness (QED) is 0.583. The molecule has 0 saturated heterocycles. The van der Waals surface area contributed by atoms with Crippen LogP contribution in [0.2, 0.25) is 0 Å². The molecule has 0 radical (unpaired) electrons. The summed E-state index contributed by atoms with van der Waals surface area (Å²) in [7, 11) is 0. The molecule has 0 atom stereocenters. The summed E-state index contributed by atoms with van der Waals surface area (Å²) in [6.45, 7) is 6.09. The second-order valence-electron chi connectivity index (χ2n) is 6.01. The van der Waals surface area contributed by atoms with Crippen LogP contribution in [0.4, 0.5) is 0 Å². The Bertz CT molecular complexity index is 837. The third kappa shape index (κ3) is 2.95. The zero-order chi connectivity index (χ0) is 16.4. The van der Waals surface area contributed by atoms with Crippen molar-refractivity contribution in [3.8, 4) is 11.1 Å². The topological polar surface area (TPSA) is 17.1 Å². The van der Waals surface area contributed by atoms with Gasteiger partial charge in [0.2, 0.25) is 0 Å². The molecule has 0 heterocycles. The number of carbonyl (C=O) groups excluding carboxylic acids is 1. The molecule has 1 nitrogen and oxygen atoms in total. The maximum absolute atomic E-state index is 13.2. The number of hydrogen-bond acceptors (Lipinski definition) is 1. The largest absolute Gasteiger partial charge is 0.289 e. The van der Waals surface area contributed by atoms with Crippen LogP contribution in [-0.2, 0) is 0 Å². The molecule has 114 valence electrons. The van der Waals surface area contributed by atoms with E-state index >= 15 is 0 Å². The Morgan fingerprint density at radius 2 is 1.30 bits per heavy atom. The van der Waals surface area contributed by atoms with Gasteiger partial charge in [-0.15, -0.1) is 0 Å². The zero-order valence-corrected chi connectivity index (χ0v) is 13.8. The van der Waals surface area contributed by atoms with Crippen molar-refractivity contribution in [3.05, 3.63) is 94.5 Å². The van der Waals surface area contributed by atoms with Gasteiger partial charge in [0.25, 0.3) is 0 Å². The van der Waals surface area contributed by atoms with E-state index in [1.165, 1.54) is 5.56 Å². The summed E-state index contributed by atoms with van der Waals surface area (Å²) in [5, 5.41) is 0. The van der Waals surface area contributed by atoms with Gasteiger partial charge in [-0.25, -0.2) is 0 Å². The molecular formula is C22H20O. The Labute approximate surface area is 137 Å². The van der Waals surface area contributed by atoms with Gasteiger partial charge >= 0.3 is 0 Å². The van der Waals surface area contributed by atoms with Gasteiger partial charge in [0.05, 0.1) is 0 Å². The Kier molecular flexibility index (Phi) is 4.12. The van der Waals surface area contributed by atoms with E-state index in [1.54, 1.807) is 0 Å². The Hall–Kier alpha value is -2.67. The molecule has 0 N–H and O–H groups in total. The zero-order valence-electron chi connectivity index (χ0n) is 13.8. The van der Waals surface area contributed by atoms with Gasteiger partial charge in [-0.2, -0.15) is 0 Å². The van der Waals surface area contributed by atoms with Crippen molar-refractivity contribution in [2.75, 3.05) is 0 Å². The molecule has 0 fully saturated rings. The van der Waals surface area contributed by atoms with Crippen molar-refractivity contribution in [2.45, 2.75) is 20.8 Å². The van der Waals surface area contributed by atoms with Crippen LogP contribution < -0.4 is 0 Å². The summed E-state index contributed by atoms with van der Waals surface area (Å²) in [5.74, 6) is 0.0967. The summed E-state index contributed by atoms with van der Waals surface area (Å²) in [6, 6.07) is 22.1. The van der Waals surface area contributed by atoms with Crippen molar-refractivity contribution in [3.63, 3.8) is 0 Å². The summed E-state index contributed by atoms with van der Waals surface area (Å²) in [4.78, 5) is 13.2.